The molecule has 20 heavy (non-hydrogen) atoms. The SMILES string of the molecule is COc1ccc(C)cc1CC(=O)c1csc(CCN)n1. The van der Waals surface area contributed by atoms with E-state index in [2.05, 4.69) is 4.98 Å². The Morgan fingerprint density at radius 3 is 2.95 bits per heavy atom. The lowest BCUT2D eigenvalue weighted by atomic mass is 10.0. The summed E-state index contributed by atoms with van der Waals surface area (Å²) in [5.41, 5.74) is 8.01. The van der Waals surface area contributed by atoms with E-state index in [1.54, 1.807) is 12.5 Å². The first kappa shape index (κ1) is 14.7. The average molecular weight is 290 g/mol. The molecule has 0 aliphatic carbocycles. The van der Waals surface area contributed by atoms with Crippen LogP contribution in [0.25, 0.3) is 0 Å². The zero-order valence-corrected chi connectivity index (χ0v) is 12.5. The third kappa shape index (κ3) is 3.43. The van der Waals surface area contributed by atoms with Gasteiger partial charge >= 0.3 is 0 Å². The lowest BCUT2D eigenvalue weighted by Crippen LogP contribution is -2.07. The Kier molecular flexibility index (Phi) is 4.87. The molecule has 2 rings (SSSR count). The van der Waals surface area contributed by atoms with Crippen LogP contribution in [0.2, 0.25) is 0 Å². The molecule has 5 heteroatoms. The number of nitrogens with two attached hydrogens (primary N) is 1. The summed E-state index contributed by atoms with van der Waals surface area (Å²) in [6.45, 7) is 2.54. The van der Waals surface area contributed by atoms with Gasteiger partial charge in [0, 0.05) is 23.8 Å². The summed E-state index contributed by atoms with van der Waals surface area (Å²) in [4.78, 5) is 16.6. The first-order chi connectivity index (χ1) is 9.63. The second kappa shape index (κ2) is 6.63. The molecule has 106 valence electrons. The van der Waals surface area contributed by atoms with Crippen molar-refractivity contribution in [3.8, 4) is 5.75 Å². The number of carbonyl (C=O) groups is 1. The van der Waals surface area contributed by atoms with E-state index in [0.29, 0.717) is 25.1 Å². The third-order valence-corrected chi connectivity index (χ3v) is 3.89. The number of nitrogens with zero attached hydrogens (tertiary/aromatic N) is 1. The monoisotopic (exact) mass is 290 g/mol. The number of ether oxygens (including phenoxy) is 1. The van der Waals surface area contributed by atoms with E-state index in [4.69, 9.17) is 10.5 Å². The Morgan fingerprint density at radius 1 is 1.45 bits per heavy atom. The molecule has 0 saturated carbocycles. The van der Waals surface area contributed by atoms with Crippen molar-refractivity contribution in [1.82, 2.24) is 4.98 Å². The van der Waals surface area contributed by atoms with Gasteiger partial charge in [0.25, 0.3) is 0 Å². The molecule has 0 radical (unpaired) electrons. The summed E-state index contributed by atoms with van der Waals surface area (Å²) in [5.74, 6) is 0.745. The fourth-order valence-electron chi connectivity index (χ4n) is 1.99. The predicted octanol–water partition coefficient (Wildman–Crippen LogP) is 2.39. The van der Waals surface area contributed by atoms with E-state index in [1.165, 1.54) is 11.3 Å². The summed E-state index contributed by atoms with van der Waals surface area (Å²) in [7, 11) is 1.61. The fraction of sp³-hybridized carbons (Fsp3) is 0.333. The van der Waals surface area contributed by atoms with Crippen molar-refractivity contribution in [2.75, 3.05) is 13.7 Å². The van der Waals surface area contributed by atoms with Gasteiger partial charge in [-0.25, -0.2) is 4.98 Å². The summed E-state index contributed by atoms with van der Waals surface area (Å²) in [6, 6.07) is 5.83. The quantitative estimate of drug-likeness (QED) is 0.830. The molecule has 1 heterocycles. The van der Waals surface area contributed by atoms with E-state index >= 15 is 0 Å². The van der Waals surface area contributed by atoms with Crippen LogP contribution in [0.1, 0.15) is 26.6 Å². The number of benzene rings is 1. The molecule has 1 aromatic heterocycles. The highest BCUT2D eigenvalue weighted by Crippen LogP contribution is 2.22. The van der Waals surface area contributed by atoms with Crippen LogP contribution in [0.5, 0.6) is 5.75 Å². The largest absolute Gasteiger partial charge is 0.496 e. The zero-order valence-electron chi connectivity index (χ0n) is 11.7. The molecular formula is C15H18N2O2S. The Balaban J connectivity index is 2.16. The molecule has 0 atom stereocenters. The van der Waals surface area contributed by atoms with Gasteiger partial charge in [0.1, 0.15) is 11.4 Å². The topological polar surface area (TPSA) is 65.2 Å². The first-order valence-corrected chi connectivity index (χ1v) is 7.33. The minimum Gasteiger partial charge on any atom is -0.496 e. The average Bonchev–Trinajstić information content (AvgIpc) is 2.88. The van der Waals surface area contributed by atoms with E-state index in [1.807, 2.05) is 25.1 Å². The molecule has 2 N–H and O–H groups in total. The van der Waals surface area contributed by atoms with Gasteiger partial charge in [0.2, 0.25) is 0 Å². The van der Waals surface area contributed by atoms with Crippen molar-refractivity contribution in [2.24, 2.45) is 5.73 Å². The fourth-order valence-corrected chi connectivity index (χ4v) is 2.80. The van der Waals surface area contributed by atoms with Crippen LogP contribution >= 0.6 is 11.3 Å². The van der Waals surface area contributed by atoms with Crippen LogP contribution < -0.4 is 10.5 Å². The summed E-state index contributed by atoms with van der Waals surface area (Å²) in [5, 5.41) is 2.71. The maximum atomic E-state index is 12.3. The number of carbonyl (C=O) groups excluding carboxylic acids is 1. The lowest BCUT2D eigenvalue weighted by Gasteiger charge is -2.08. The van der Waals surface area contributed by atoms with Crippen molar-refractivity contribution in [3.05, 3.63) is 45.4 Å². The minimum absolute atomic E-state index is 0.00780. The molecular weight excluding hydrogens is 272 g/mol. The standard InChI is InChI=1S/C15H18N2O2S/c1-10-3-4-14(19-2)11(7-10)8-13(18)12-9-20-15(17-12)5-6-16/h3-4,7,9H,5-6,8,16H2,1-2H3. The van der Waals surface area contributed by atoms with Crippen molar-refractivity contribution in [1.29, 1.82) is 0 Å². The second-order valence-electron chi connectivity index (χ2n) is 4.58. The molecule has 0 bridgehead atoms. The van der Waals surface area contributed by atoms with Crippen molar-refractivity contribution < 1.29 is 9.53 Å². The van der Waals surface area contributed by atoms with Gasteiger partial charge in [-0.2, -0.15) is 0 Å². The molecule has 0 saturated heterocycles. The molecule has 0 aliphatic heterocycles. The molecule has 0 fully saturated rings. The van der Waals surface area contributed by atoms with Gasteiger partial charge in [-0.05, 0) is 19.5 Å². The first-order valence-electron chi connectivity index (χ1n) is 6.45. The number of Topliss-reactive ketones (excluding diaryl/α,β-unsaturated/α-hetero) is 1. The van der Waals surface area contributed by atoms with E-state index in [9.17, 15) is 4.79 Å². The molecule has 0 spiro atoms. The maximum Gasteiger partial charge on any atom is 0.186 e. The third-order valence-electron chi connectivity index (χ3n) is 2.98. The molecule has 0 unspecified atom stereocenters. The number of thiazole rings is 1. The van der Waals surface area contributed by atoms with Gasteiger partial charge < -0.3 is 10.5 Å². The van der Waals surface area contributed by atoms with Crippen molar-refractivity contribution in [2.45, 2.75) is 19.8 Å². The number of hydrogen-bond donors (Lipinski definition) is 1. The number of methoxy groups -OCH3 is 1. The molecule has 0 amide bonds. The zero-order chi connectivity index (χ0) is 14.5. The molecule has 4 nitrogen and oxygen atoms in total. The predicted molar refractivity (Wildman–Crippen MR) is 80.6 cm³/mol. The Hall–Kier alpha value is -1.72. The van der Waals surface area contributed by atoms with Gasteiger partial charge in [-0.3, -0.25) is 4.79 Å². The van der Waals surface area contributed by atoms with Crippen LogP contribution in [0.4, 0.5) is 0 Å². The minimum atomic E-state index is 0.00780. The van der Waals surface area contributed by atoms with Crippen LogP contribution in [0, 0.1) is 6.92 Å². The Labute approximate surface area is 122 Å². The van der Waals surface area contributed by atoms with E-state index in [-0.39, 0.29) is 5.78 Å². The number of ketones is 1. The van der Waals surface area contributed by atoms with Crippen LogP contribution in [0.3, 0.4) is 0 Å². The number of aromatic nitrogens is 1. The number of aryl methyl sites for hydroxylation is 1. The van der Waals surface area contributed by atoms with E-state index < -0.39 is 0 Å². The van der Waals surface area contributed by atoms with Crippen LogP contribution in [-0.4, -0.2) is 24.4 Å². The second-order valence-corrected chi connectivity index (χ2v) is 5.52. The highest BCUT2D eigenvalue weighted by atomic mass is 32.1. The Morgan fingerprint density at radius 2 is 2.25 bits per heavy atom. The molecule has 0 aliphatic rings. The van der Waals surface area contributed by atoms with Crippen molar-refractivity contribution in [3.63, 3.8) is 0 Å². The normalized spacial score (nSPS) is 10.6. The maximum absolute atomic E-state index is 12.3. The smallest absolute Gasteiger partial charge is 0.186 e. The molecule has 2 aromatic rings. The summed E-state index contributed by atoms with van der Waals surface area (Å²) >= 11 is 1.48. The number of hydrogen-bond acceptors (Lipinski definition) is 5. The Bertz CT molecular complexity index is 608. The van der Waals surface area contributed by atoms with Crippen molar-refractivity contribution >= 4 is 17.1 Å². The highest BCUT2D eigenvalue weighted by molar-refractivity contribution is 7.09. The van der Waals surface area contributed by atoms with Gasteiger partial charge in [-0.1, -0.05) is 17.7 Å². The van der Waals surface area contributed by atoms with Gasteiger partial charge in [0.05, 0.1) is 12.1 Å². The van der Waals surface area contributed by atoms with Gasteiger partial charge in [-0.15, -0.1) is 11.3 Å². The highest BCUT2D eigenvalue weighted by Gasteiger charge is 2.14. The summed E-state index contributed by atoms with van der Waals surface area (Å²) < 4.78 is 5.29. The summed E-state index contributed by atoms with van der Waals surface area (Å²) in [6.07, 6.45) is 1.02. The van der Waals surface area contributed by atoms with E-state index in [0.717, 1.165) is 21.9 Å². The number of rotatable bonds is 6. The van der Waals surface area contributed by atoms with Gasteiger partial charge in [0.15, 0.2) is 5.78 Å². The van der Waals surface area contributed by atoms with Crippen LogP contribution in [-0.2, 0) is 12.8 Å². The lowest BCUT2D eigenvalue weighted by molar-refractivity contribution is 0.0988. The molecule has 1 aromatic carbocycles. The van der Waals surface area contributed by atoms with Crippen LogP contribution in [0.15, 0.2) is 23.6 Å².